The summed E-state index contributed by atoms with van der Waals surface area (Å²) in [6, 6.07) is 6.20. The maximum Gasteiger partial charge on any atom is 0.161 e. The van der Waals surface area contributed by atoms with Gasteiger partial charge in [0.15, 0.2) is 11.5 Å². The molecule has 1 aliphatic heterocycles. The summed E-state index contributed by atoms with van der Waals surface area (Å²) >= 11 is 0. The van der Waals surface area contributed by atoms with Crippen LogP contribution in [-0.2, 0) is 6.54 Å². The summed E-state index contributed by atoms with van der Waals surface area (Å²) in [5.74, 6) is 2.11. The van der Waals surface area contributed by atoms with Crippen LogP contribution in [0.15, 0.2) is 18.2 Å². The molecule has 0 aromatic heterocycles. The number of hydrogen-bond donors (Lipinski definition) is 1. The number of piperazine rings is 1. The number of methoxy groups -OCH3 is 1. The maximum atomic E-state index is 9.01. The summed E-state index contributed by atoms with van der Waals surface area (Å²) in [7, 11) is 1.68. The van der Waals surface area contributed by atoms with Crippen molar-refractivity contribution in [2.75, 3.05) is 53.0 Å². The highest BCUT2D eigenvalue weighted by Crippen LogP contribution is 2.29. The van der Waals surface area contributed by atoms with Gasteiger partial charge in [0.1, 0.15) is 0 Å². The fourth-order valence-corrected chi connectivity index (χ4v) is 2.76. The second kappa shape index (κ2) is 9.11. The topological polar surface area (TPSA) is 45.2 Å². The van der Waals surface area contributed by atoms with Crippen molar-refractivity contribution in [1.29, 1.82) is 0 Å². The normalized spacial score (nSPS) is 16.7. The Morgan fingerprint density at radius 2 is 1.78 bits per heavy atom. The quantitative estimate of drug-likeness (QED) is 0.791. The maximum absolute atomic E-state index is 9.01. The van der Waals surface area contributed by atoms with Crippen molar-refractivity contribution in [2.45, 2.75) is 20.4 Å². The van der Waals surface area contributed by atoms with Crippen LogP contribution in [0.3, 0.4) is 0 Å². The molecule has 0 aliphatic carbocycles. The van der Waals surface area contributed by atoms with Crippen molar-refractivity contribution in [3.63, 3.8) is 0 Å². The van der Waals surface area contributed by atoms with Crippen LogP contribution in [0.1, 0.15) is 19.4 Å². The van der Waals surface area contributed by atoms with E-state index in [1.54, 1.807) is 7.11 Å². The van der Waals surface area contributed by atoms with Crippen LogP contribution in [0, 0.1) is 5.92 Å². The van der Waals surface area contributed by atoms with Gasteiger partial charge in [0, 0.05) is 39.3 Å². The monoisotopic (exact) mass is 322 g/mol. The molecule has 0 saturated carbocycles. The third-order valence-corrected chi connectivity index (χ3v) is 4.09. The van der Waals surface area contributed by atoms with E-state index in [2.05, 4.69) is 35.8 Å². The molecule has 1 aliphatic rings. The van der Waals surface area contributed by atoms with Crippen LogP contribution in [-0.4, -0.2) is 68.0 Å². The average Bonchev–Trinajstić information content (AvgIpc) is 2.55. The second-order valence-electron chi connectivity index (χ2n) is 6.53. The van der Waals surface area contributed by atoms with Crippen molar-refractivity contribution in [2.24, 2.45) is 5.92 Å². The van der Waals surface area contributed by atoms with Crippen LogP contribution in [0.5, 0.6) is 11.5 Å². The molecule has 0 spiro atoms. The Labute approximate surface area is 139 Å². The molecule has 1 heterocycles. The molecule has 1 saturated heterocycles. The Morgan fingerprint density at radius 1 is 1.09 bits per heavy atom. The molecule has 0 atom stereocenters. The van der Waals surface area contributed by atoms with Gasteiger partial charge >= 0.3 is 0 Å². The van der Waals surface area contributed by atoms with Gasteiger partial charge in [0.05, 0.1) is 20.3 Å². The minimum absolute atomic E-state index is 0.245. The molecule has 5 heteroatoms. The molecule has 0 unspecified atom stereocenters. The summed E-state index contributed by atoms with van der Waals surface area (Å²) < 4.78 is 11.3. The van der Waals surface area contributed by atoms with Gasteiger partial charge in [0.25, 0.3) is 0 Å². The van der Waals surface area contributed by atoms with E-state index in [9.17, 15) is 0 Å². The highest BCUT2D eigenvalue weighted by Gasteiger charge is 2.17. The lowest BCUT2D eigenvalue weighted by molar-refractivity contribution is 0.108. The highest BCUT2D eigenvalue weighted by atomic mass is 16.5. The number of aliphatic hydroxyl groups is 1. The van der Waals surface area contributed by atoms with Crippen molar-refractivity contribution in [1.82, 2.24) is 9.80 Å². The van der Waals surface area contributed by atoms with Crippen LogP contribution in [0.4, 0.5) is 0 Å². The minimum Gasteiger partial charge on any atom is -0.493 e. The smallest absolute Gasteiger partial charge is 0.161 e. The van der Waals surface area contributed by atoms with E-state index in [4.69, 9.17) is 14.6 Å². The van der Waals surface area contributed by atoms with Crippen molar-refractivity contribution in [3.05, 3.63) is 23.8 Å². The standard InChI is InChI=1S/C18H30N2O3/c1-15(2)14-23-18-12-16(4-5-17(18)22-3)13-20-8-6-19(7-9-20)10-11-21/h4-5,12,15,21H,6-11,13-14H2,1-3H3. The molecule has 1 aromatic rings. The molecule has 2 rings (SSSR count). The fraction of sp³-hybridized carbons (Fsp3) is 0.667. The zero-order valence-electron chi connectivity index (χ0n) is 14.6. The first-order valence-corrected chi connectivity index (χ1v) is 8.47. The fourth-order valence-electron chi connectivity index (χ4n) is 2.76. The van der Waals surface area contributed by atoms with Crippen LogP contribution >= 0.6 is 0 Å². The molecule has 5 nitrogen and oxygen atoms in total. The average molecular weight is 322 g/mol. The van der Waals surface area contributed by atoms with Crippen LogP contribution < -0.4 is 9.47 Å². The van der Waals surface area contributed by atoms with Gasteiger partial charge in [-0.05, 0) is 23.6 Å². The molecule has 1 N–H and O–H groups in total. The Hall–Kier alpha value is -1.30. The van der Waals surface area contributed by atoms with Gasteiger partial charge in [0.2, 0.25) is 0 Å². The Bertz CT molecular complexity index is 471. The zero-order valence-corrected chi connectivity index (χ0v) is 14.6. The molecular weight excluding hydrogens is 292 g/mol. The minimum atomic E-state index is 0.245. The predicted molar refractivity (Wildman–Crippen MR) is 92.1 cm³/mol. The second-order valence-corrected chi connectivity index (χ2v) is 6.53. The number of aliphatic hydroxyl groups excluding tert-OH is 1. The van der Waals surface area contributed by atoms with Gasteiger partial charge in [-0.25, -0.2) is 0 Å². The Morgan fingerprint density at radius 3 is 2.39 bits per heavy atom. The number of ether oxygens (including phenoxy) is 2. The SMILES string of the molecule is COc1ccc(CN2CCN(CCO)CC2)cc1OCC(C)C. The van der Waals surface area contributed by atoms with E-state index < -0.39 is 0 Å². The lowest BCUT2D eigenvalue weighted by atomic mass is 10.1. The van der Waals surface area contributed by atoms with Gasteiger partial charge in [-0.1, -0.05) is 19.9 Å². The number of benzene rings is 1. The van der Waals surface area contributed by atoms with Crippen LogP contribution in [0.2, 0.25) is 0 Å². The Balaban J connectivity index is 1.93. The third-order valence-electron chi connectivity index (χ3n) is 4.09. The van der Waals surface area contributed by atoms with Gasteiger partial charge < -0.3 is 14.6 Å². The molecule has 1 aromatic carbocycles. The van der Waals surface area contributed by atoms with Crippen LogP contribution in [0.25, 0.3) is 0 Å². The first-order chi connectivity index (χ1) is 11.1. The Kier molecular flexibility index (Phi) is 7.15. The number of nitrogens with zero attached hydrogens (tertiary/aromatic N) is 2. The van der Waals surface area contributed by atoms with Gasteiger partial charge in [-0.15, -0.1) is 0 Å². The number of rotatable bonds is 8. The lowest BCUT2D eigenvalue weighted by Crippen LogP contribution is -2.46. The first-order valence-electron chi connectivity index (χ1n) is 8.47. The predicted octanol–water partition coefficient (Wildman–Crippen LogP) is 1.84. The summed E-state index contributed by atoms with van der Waals surface area (Å²) in [5.41, 5.74) is 1.25. The molecule has 130 valence electrons. The molecule has 0 radical (unpaired) electrons. The largest absolute Gasteiger partial charge is 0.493 e. The van der Waals surface area contributed by atoms with Crippen molar-refractivity contribution in [3.8, 4) is 11.5 Å². The van der Waals surface area contributed by atoms with Gasteiger partial charge in [-0.2, -0.15) is 0 Å². The van der Waals surface area contributed by atoms with Gasteiger partial charge in [-0.3, -0.25) is 9.80 Å². The van der Waals surface area contributed by atoms with Crippen molar-refractivity contribution >= 4 is 0 Å². The van der Waals surface area contributed by atoms with E-state index in [0.717, 1.165) is 50.8 Å². The van der Waals surface area contributed by atoms with E-state index in [1.165, 1.54) is 5.56 Å². The summed E-state index contributed by atoms with van der Waals surface area (Å²) in [5, 5.41) is 9.01. The number of β-amino-alcohol motifs (C(OH)–C–C–N with tert-alkyl or cyclic N) is 1. The molecule has 0 bridgehead atoms. The van der Waals surface area contributed by atoms with Crippen molar-refractivity contribution < 1.29 is 14.6 Å². The van der Waals surface area contributed by atoms with E-state index in [-0.39, 0.29) is 6.61 Å². The zero-order chi connectivity index (χ0) is 16.7. The lowest BCUT2D eigenvalue weighted by Gasteiger charge is -2.34. The highest BCUT2D eigenvalue weighted by molar-refractivity contribution is 5.43. The molecule has 23 heavy (non-hydrogen) atoms. The van der Waals surface area contributed by atoms with E-state index in [0.29, 0.717) is 12.5 Å². The first kappa shape index (κ1) is 18.0. The van der Waals surface area contributed by atoms with E-state index in [1.807, 2.05) is 6.07 Å². The molecular formula is C18H30N2O3. The summed E-state index contributed by atoms with van der Waals surface area (Å²) in [6.07, 6.45) is 0. The van der Waals surface area contributed by atoms with E-state index >= 15 is 0 Å². The third kappa shape index (κ3) is 5.68. The number of hydrogen-bond acceptors (Lipinski definition) is 5. The summed E-state index contributed by atoms with van der Waals surface area (Å²) in [4.78, 5) is 4.75. The molecule has 1 fully saturated rings. The summed E-state index contributed by atoms with van der Waals surface area (Å²) in [6.45, 7) is 11.0. The molecule has 0 amide bonds.